The van der Waals surface area contributed by atoms with E-state index in [4.69, 9.17) is 0 Å². The fourth-order valence-electron chi connectivity index (χ4n) is 2.64. The van der Waals surface area contributed by atoms with Gasteiger partial charge in [0, 0.05) is 24.8 Å². The zero-order chi connectivity index (χ0) is 12.8. The van der Waals surface area contributed by atoms with Crippen LogP contribution in [0, 0.1) is 0 Å². The molecular weight excluding hydrogens is 220 g/mol. The molecule has 1 aromatic carbocycles. The minimum absolute atomic E-state index is 0.619. The summed E-state index contributed by atoms with van der Waals surface area (Å²) < 4.78 is 0. The van der Waals surface area contributed by atoms with Gasteiger partial charge in [-0.2, -0.15) is 0 Å². The average molecular weight is 246 g/mol. The molecule has 18 heavy (non-hydrogen) atoms. The van der Waals surface area contributed by atoms with Gasteiger partial charge in [-0.15, -0.1) is 0 Å². The Bertz CT molecular complexity index is 373. The summed E-state index contributed by atoms with van der Waals surface area (Å²) in [6.07, 6.45) is 6.47. The highest BCUT2D eigenvalue weighted by atomic mass is 14.9. The molecule has 1 aromatic rings. The first-order valence-electron chi connectivity index (χ1n) is 7.39. The normalized spacial score (nSPS) is 15.2. The van der Waals surface area contributed by atoms with Crippen LogP contribution in [0.25, 0.3) is 0 Å². The largest absolute Gasteiger partial charge is 0.384 e. The maximum absolute atomic E-state index is 3.65. The first-order chi connectivity index (χ1) is 8.81. The predicted octanol–water partition coefficient (Wildman–Crippen LogP) is 3.71. The summed E-state index contributed by atoms with van der Waals surface area (Å²) in [6.45, 7) is 6.64. The van der Waals surface area contributed by atoms with Crippen molar-refractivity contribution in [2.45, 2.75) is 58.5 Å². The van der Waals surface area contributed by atoms with E-state index in [-0.39, 0.29) is 0 Å². The third-order valence-electron chi connectivity index (χ3n) is 3.81. The maximum atomic E-state index is 3.65. The lowest BCUT2D eigenvalue weighted by molar-refractivity contribution is 0.487. The van der Waals surface area contributed by atoms with E-state index in [0.29, 0.717) is 6.04 Å². The topological polar surface area (TPSA) is 24.1 Å². The molecule has 0 aliphatic carbocycles. The summed E-state index contributed by atoms with van der Waals surface area (Å²) in [5.74, 6) is 0. The van der Waals surface area contributed by atoms with Gasteiger partial charge in [-0.05, 0) is 30.9 Å². The number of nitrogens with one attached hydrogen (secondary N) is 2. The van der Waals surface area contributed by atoms with Crippen LogP contribution in [0.15, 0.2) is 18.2 Å². The van der Waals surface area contributed by atoms with Gasteiger partial charge in [0.2, 0.25) is 0 Å². The number of para-hydroxylation sites is 1. The van der Waals surface area contributed by atoms with Crippen molar-refractivity contribution in [3.05, 3.63) is 29.3 Å². The van der Waals surface area contributed by atoms with Crippen molar-refractivity contribution in [2.75, 3.05) is 11.9 Å². The van der Waals surface area contributed by atoms with Crippen LogP contribution in [-0.2, 0) is 13.0 Å². The van der Waals surface area contributed by atoms with E-state index in [1.807, 2.05) is 0 Å². The number of unbranched alkanes of at least 4 members (excludes halogenated alkanes) is 2. The standard InChI is InChI=1S/C16H26N2/c1-3-4-5-7-13(2)18-12-15-9-6-8-14-10-11-17-16(14)15/h6,8-9,13,17-18H,3-5,7,10-12H2,1-2H3. The zero-order valence-electron chi connectivity index (χ0n) is 11.8. The minimum Gasteiger partial charge on any atom is -0.384 e. The molecule has 0 bridgehead atoms. The summed E-state index contributed by atoms with van der Waals surface area (Å²) in [6, 6.07) is 7.28. The molecule has 0 radical (unpaired) electrons. The number of rotatable bonds is 7. The van der Waals surface area contributed by atoms with Gasteiger partial charge in [-0.25, -0.2) is 0 Å². The molecule has 1 unspecified atom stereocenters. The van der Waals surface area contributed by atoms with E-state index in [1.165, 1.54) is 48.9 Å². The molecule has 1 atom stereocenters. The quantitative estimate of drug-likeness (QED) is 0.717. The first-order valence-corrected chi connectivity index (χ1v) is 7.39. The Morgan fingerprint density at radius 1 is 1.33 bits per heavy atom. The van der Waals surface area contributed by atoms with Crippen LogP contribution < -0.4 is 10.6 Å². The minimum atomic E-state index is 0.619. The van der Waals surface area contributed by atoms with Gasteiger partial charge in [-0.3, -0.25) is 0 Å². The van der Waals surface area contributed by atoms with Crippen LogP contribution in [0.5, 0.6) is 0 Å². The molecular formula is C16H26N2. The van der Waals surface area contributed by atoms with Gasteiger partial charge in [0.05, 0.1) is 0 Å². The van der Waals surface area contributed by atoms with E-state index in [1.54, 1.807) is 0 Å². The molecule has 0 spiro atoms. The molecule has 2 rings (SSSR count). The Morgan fingerprint density at radius 2 is 2.22 bits per heavy atom. The van der Waals surface area contributed by atoms with E-state index < -0.39 is 0 Å². The molecule has 0 aromatic heterocycles. The van der Waals surface area contributed by atoms with Crippen LogP contribution in [0.2, 0.25) is 0 Å². The first kappa shape index (κ1) is 13.4. The summed E-state index contributed by atoms with van der Waals surface area (Å²) in [5.41, 5.74) is 4.28. The number of benzene rings is 1. The van der Waals surface area contributed by atoms with E-state index >= 15 is 0 Å². The van der Waals surface area contributed by atoms with Crippen molar-refractivity contribution >= 4 is 5.69 Å². The summed E-state index contributed by atoms with van der Waals surface area (Å²) in [5, 5.41) is 7.15. The van der Waals surface area contributed by atoms with Gasteiger partial charge >= 0.3 is 0 Å². The van der Waals surface area contributed by atoms with Gasteiger partial charge in [-0.1, -0.05) is 44.4 Å². The van der Waals surface area contributed by atoms with E-state index in [0.717, 1.165) is 13.1 Å². The molecule has 0 fully saturated rings. The van der Waals surface area contributed by atoms with E-state index in [9.17, 15) is 0 Å². The number of hydrogen-bond acceptors (Lipinski definition) is 2. The molecule has 100 valence electrons. The second-order valence-electron chi connectivity index (χ2n) is 5.41. The van der Waals surface area contributed by atoms with Crippen LogP contribution in [-0.4, -0.2) is 12.6 Å². The van der Waals surface area contributed by atoms with Gasteiger partial charge < -0.3 is 10.6 Å². The molecule has 2 nitrogen and oxygen atoms in total. The Kier molecular flexibility index (Phi) is 5.06. The molecule has 1 aliphatic heterocycles. The fraction of sp³-hybridized carbons (Fsp3) is 0.625. The summed E-state index contributed by atoms with van der Waals surface area (Å²) >= 11 is 0. The molecule has 2 heteroatoms. The Labute approximate surface area is 111 Å². The molecule has 1 heterocycles. The van der Waals surface area contributed by atoms with Gasteiger partial charge in [0.15, 0.2) is 0 Å². The van der Waals surface area contributed by atoms with Gasteiger partial charge in [0.25, 0.3) is 0 Å². The molecule has 0 amide bonds. The van der Waals surface area contributed by atoms with E-state index in [2.05, 4.69) is 42.7 Å². The van der Waals surface area contributed by atoms with Crippen molar-refractivity contribution in [1.29, 1.82) is 0 Å². The lowest BCUT2D eigenvalue weighted by Crippen LogP contribution is -2.25. The molecule has 0 saturated heterocycles. The summed E-state index contributed by atoms with van der Waals surface area (Å²) in [7, 11) is 0. The van der Waals surface area contributed by atoms with Gasteiger partial charge in [0.1, 0.15) is 0 Å². The van der Waals surface area contributed by atoms with Crippen LogP contribution >= 0.6 is 0 Å². The average Bonchev–Trinajstić information content (AvgIpc) is 2.85. The highest BCUT2D eigenvalue weighted by molar-refractivity contribution is 5.61. The van der Waals surface area contributed by atoms with Crippen LogP contribution in [0.3, 0.4) is 0 Å². The summed E-state index contributed by atoms with van der Waals surface area (Å²) in [4.78, 5) is 0. The zero-order valence-corrected chi connectivity index (χ0v) is 11.8. The lowest BCUT2D eigenvalue weighted by Gasteiger charge is -2.15. The second-order valence-corrected chi connectivity index (χ2v) is 5.41. The highest BCUT2D eigenvalue weighted by Gasteiger charge is 2.13. The lowest BCUT2D eigenvalue weighted by atomic mass is 10.1. The predicted molar refractivity (Wildman–Crippen MR) is 79.1 cm³/mol. The van der Waals surface area contributed by atoms with Crippen molar-refractivity contribution < 1.29 is 0 Å². The third kappa shape index (κ3) is 3.49. The third-order valence-corrected chi connectivity index (χ3v) is 3.81. The van der Waals surface area contributed by atoms with Crippen molar-refractivity contribution in [2.24, 2.45) is 0 Å². The van der Waals surface area contributed by atoms with Crippen molar-refractivity contribution in [1.82, 2.24) is 5.32 Å². The number of hydrogen-bond donors (Lipinski definition) is 2. The second kappa shape index (κ2) is 6.79. The monoisotopic (exact) mass is 246 g/mol. The Hall–Kier alpha value is -1.02. The smallest absolute Gasteiger partial charge is 0.0419 e. The van der Waals surface area contributed by atoms with Crippen molar-refractivity contribution in [3.63, 3.8) is 0 Å². The Morgan fingerprint density at radius 3 is 3.06 bits per heavy atom. The number of anilines is 1. The van der Waals surface area contributed by atoms with Crippen LogP contribution in [0.1, 0.15) is 50.7 Å². The van der Waals surface area contributed by atoms with Crippen LogP contribution in [0.4, 0.5) is 5.69 Å². The fourth-order valence-corrected chi connectivity index (χ4v) is 2.64. The maximum Gasteiger partial charge on any atom is 0.0419 e. The molecule has 1 aliphatic rings. The van der Waals surface area contributed by atoms with Crippen molar-refractivity contribution in [3.8, 4) is 0 Å². The SMILES string of the molecule is CCCCCC(C)NCc1cccc2c1NCC2. The Balaban J connectivity index is 1.81. The molecule has 0 saturated carbocycles. The highest BCUT2D eigenvalue weighted by Crippen LogP contribution is 2.26. The molecule has 2 N–H and O–H groups in total. The number of fused-ring (bicyclic) bond motifs is 1.